The van der Waals surface area contributed by atoms with Crippen LogP contribution in [-0.4, -0.2) is 36.3 Å². The molecule has 1 saturated heterocycles. The molecule has 4 heteroatoms. The summed E-state index contributed by atoms with van der Waals surface area (Å²) in [4.78, 5) is 1.17. The van der Waals surface area contributed by atoms with Crippen LogP contribution >= 0.6 is 11.8 Å². The molecular weight excluding hydrogens is 236 g/mol. The number of aliphatic hydroxyl groups excluding tert-OH is 1. The number of hydrogen-bond donors (Lipinski definition) is 1. The van der Waals surface area contributed by atoms with E-state index in [1.54, 1.807) is 11.8 Å². The summed E-state index contributed by atoms with van der Waals surface area (Å²) in [6.07, 6.45) is 0.410. The predicted molar refractivity (Wildman–Crippen MR) is 66.5 cm³/mol. The van der Waals surface area contributed by atoms with Crippen molar-refractivity contribution < 1.29 is 14.6 Å². The van der Waals surface area contributed by atoms with Crippen molar-refractivity contribution >= 4 is 11.8 Å². The van der Waals surface area contributed by atoms with Crippen molar-refractivity contribution in [3.63, 3.8) is 0 Å². The van der Waals surface area contributed by atoms with Crippen molar-refractivity contribution in [3.05, 3.63) is 24.3 Å². The number of aliphatic hydroxyl groups is 1. The largest absolute Gasteiger partial charge is 0.486 e. The van der Waals surface area contributed by atoms with E-state index in [-0.39, 0.29) is 12.0 Å². The molecule has 17 heavy (non-hydrogen) atoms. The van der Waals surface area contributed by atoms with E-state index < -0.39 is 6.10 Å². The third-order valence-corrected chi connectivity index (χ3v) is 4.50. The van der Waals surface area contributed by atoms with Crippen LogP contribution in [0.1, 0.15) is 6.42 Å². The quantitative estimate of drug-likeness (QED) is 0.873. The molecule has 1 aromatic carbocycles. The van der Waals surface area contributed by atoms with Crippen molar-refractivity contribution in [3.8, 4) is 5.75 Å². The lowest BCUT2D eigenvalue weighted by molar-refractivity contribution is 0.00273. The number of benzene rings is 1. The molecule has 3 rings (SSSR count). The monoisotopic (exact) mass is 252 g/mol. The van der Waals surface area contributed by atoms with Gasteiger partial charge >= 0.3 is 0 Å². The molecule has 0 spiro atoms. The molecule has 2 aliphatic heterocycles. The highest BCUT2D eigenvalue weighted by Crippen LogP contribution is 2.37. The molecule has 0 aromatic heterocycles. The van der Waals surface area contributed by atoms with Crippen molar-refractivity contribution in [1.29, 1.82) is 0 Å². The second kappa shape index (κ2) is 4.88. The van der Waals surface area contributed by atoms with Crippen LogP contribution in [0.3, 0.4) is 0 Å². The summed E-state index contributed by atoms with van der Waals surface area (Å²) in [6, 6.07) is 8.00. The van der Waals surface area contributed by atoms with Gasteiger partial charge in [0.2, 0.25) is 0 Å². The summed E-state index contributed by atoms with van der Waals surface area (Å²) in [6.45, 7) is 1.42. The highest BCUT2D eigenvalue weighted by atomic mass is 32.2. The highest BCUT2D eigenvalue weighted by molar-refractivity contribution is 7.99. The van der Waals surface area contributed by atoms with Crippen molar-refractivity contribution in [2.24, 2.45) is 5.92 Å². The summed E-state index contributed by atoms with van der Waals surface area (Å²) in [5, 5.41) is 10.3. The van der Waals surface area contributed by atoms with Crippen LogP contribution in [-0.2, 0) is 4.74 Å². The first-order chi connectivity index (χ1) is 8.34. The maximum absolute atomic E-state index is 10.3. The molecule has 3 atom stereocenters. The molecular formula is C13H16O3S. The Bertz CT molecular complexity index is 390. The molecule has 0 aliphatic carbocycles. The van der Waals surface area contributed by atoms with Crippen LogP contribution < -0.4 is 4.74 Å². The first-order valence-electron chi connectivity index (χ1n) is 5.99. The Hall–Kier alpha value is -0.710. The molecule has 0 amide bonds. The van der Waals surface area contributed by atoms with Crippen LogP contribution in [0, 0.1) is 5.92 Å². The average Bonchev–Trinajstić information content (AvgIpc) is 2.91. The first-order valence-corrected chi connectivity index (χ1v) is 6.97. The summed E-state index contributed by atoms with van der Waals surface area (Å²) < 4.78 is 11.2. The van der Waals surface area contributed by atoms with E-state index in [9.17, 15) is 5.11 Å². The Balaban J connectivity index is 1.70. The fourth-order valence-corrected chi connectivity index (χ4v) is 3.37. The fraction of sp³-hybridized carbons (Fsp3) is 0.538. The summed E-state index contributed by atoms with van der Waals surface area (Å²) in [5.74, 6) is 1.94. The van der Waals surface area contributed by atoms with Gasteiger partial charge in [-0.1, -0.05) is 12.1 Å². The van der Waals surface area contributed by atoms with E-state index in [1.807, 2.05) is 18.2 Å². The van der Waals surface area contributed by atoms with E-state index in [0.717, 1.165) is 24.5 Å². The van der Waals surface area contributed by atoms with Gasteiger partial charge in [-0.15, -0.1) is 11.8 Å². The normalized spacial score (nSPS) is 29.5. The highest BCUT2D eigenvalue weighted by Gasteiger charge is 2.34. The Kier molecular flexibility index (Phi) is 3.27. The molecule has 0 radical (unpaired) electrons. The number of fused-ring (bicyclic) bond motifs is 1. The van der Waals surface area contributed by atoms with Crippen LogP contribution in [0.2, 0.25) is 0 Å². The molecule has 92 valence electrons. The van der Waals surface area contributed by atoms with Crippen molar-refractivity contribution in [1.82, 2.24) is 0 Å². The number of thioether (sulfide) groups is 1. The average molecular weight is 252 g/mol. The van der Waals surface area contributed by atoms with Crippen molar-refractivity contribution in [2.45, 2.75) is 23.5 Å². The lowest BCUT2D eigenvalue weighted by Crippen LogP contribution is -2.41. The minimum absolute atomic E-state index is 0.110. The van der Waals surface area contributed by atoms with Crippen LogP contribution in [0.25, 0.3) is 0 Å². The Morgan fingerprint density at radius 2 is 2.24 bits per heavy atom. The van der Waals surface area contributed by atoms with Gasteiger partial charge in [-0.2, -0.15) is 0 Å². The maximum Gasteiger partial charge on any atom is 0.134 e. The number of hydrogen-bond acceptors (Lipinski definition) is 4. The summed E-state index contributed by atoms with van der Waals surface area (Å²) >= 11 is 1.76. The standard InChI is InChI=1S/C13H16O3S/c14-13(9-5-6-15-7-9)11-8-17-12-4-2-1-3-10(12)16-11/h1-4,9,11,13-14H,5-8H2. The summed E-state index contributed by atoms with van der Waals surface area (Å²) in [5.41, 5.74) is 0. The molecule has 2 aliphatic rings. The van der Waals surface area contributed by atoms with Crippen molar-refractivity contribution in [2.75, 3.05) is 19.0 Å². The second-order valence-corrected chi connectivity index (χ2v) is 5.59. The van der Waals surface area contributed by atoms with Gasteiger partial charge in [-0.05, 0) is 18.6 Å². The van der Waals surface area contributed by atoms with Gasteiger partial charge in [-0.3, -0.25) is 0 Å². The second-order valence-electron chi connectivity index (χ2n) is 4.53. The molecule has 1 aromatic rings. The Labute approximate surface area is 105 Å². The van der Waals surface area contributed by atoms with Gasteiger partial charge in [0.1, 0.15) is 11.9 Å². The minimum Gasteiger partial charge on any atom is -0.486 e. The van der Waals surface area contributed by atoms with E-state index in [4.69, 9.17) is 9.47 Å². The lowest BCUT2D eigenvalue weighted by atomic mass is 9.98. The molecule has 3 unspecified atom stereocenters. The number of rotatable bonds is 2. The smallest absolute Gasteiger partial charge is 0.134 e. The summed E-state index contributed by atoms with van der Waals surface area (Å²) in [7, 11) is 0. The number of ether oxygens (including phenoxy) is 2. The molecule has 1 N–H and O–H groups in total. The SMILES string of the molecule is OC(C1CCOC1)C1CSc2ccccc2O1. The zero-order valence-corrected chi connectivity index (χ0v) is 10.4. The van der Waals surface area contributed by atoms with Gasteiger partial charge < -0.3 is 14.6 Å². The number of para-hydroxylation sites is 1. The van der Waals surface area contributed by atoms with Gasteiger partial charge in [0, 0.05) is 23.2 Å². The third kappa shape index (κ3) is 2.30. The Morgan fingerprint density at radius 1 is 1.35 bits per heavy atom. The molecule has 2 heterocycles. The van der Waals surface area contributed by atoms with Crippen LogP contribution in [0.5, 0.6) is 5.75 Å². The predicted octanol–water partition coefficient (Wildman–Crippen LogP) is 1.94. The minimum atomic E-state index is -0.418. The maximum atomic E-state index is 10.3. The molecule has 1 fully saturated rings. The van der Waals surface area contributed by atoms with E-state index in [2.05, 4.69) is 6.07 Å². The van der Waals surface area contributed by atoms with Crippen LogP contribution in [0.4, 0.5) is 0 Å². The topological polar surface area (TPSA) is 38.7 Å². The zero-order chi connectivity index (χ0) is 11.7. The molecule has 3 nitrogen and oxygen atoms in total. The third-order valence-electron chi connectivity index (χ3n) is 3.36. The Morgan fingerprint density at radius 3 is 3.06 bits per heavy atom. The first kappa shape index (κ1) is 11.4. The van der Waals surface area contributed by atoms with E-state index in [0.29, 0.717) is 6.61 Å². The lowest BCUT2D eigenvalue weighted by Gasteiger charge is -2.31. The van der Waals surface area contributed by atoms with Gasteiger partial charge in [0.15, 0.2) is 0 Å². The molecule has 0 bridgehead atoms. The van der Waals surface area contributed by atoms with Gasteiger partial charge in [-0.25, -0.2) is 0 Å². The zero-order valence-electron chi connectivity index (χ0n) is 9.54. The molecule has 0 saturated carbocycles. The van der Waals surface area contributed by atoms with E-state index >= 15 is 0 Å². The van der Waals surface area contributed by atoms with Gasteiger partial charge in [0.25, 0.3) is 0 Å². The fourth-order valence-electron chi connectivity index (χ4n) is 2.33. The van der Waals surface area contributed by atoms with Crippen LogP contribution in [0.15, 0.2) is 29.2 Å². The van der Waals surface area contributed by atoms with Gasteiger partial charge in [0.05, 0.1) is 12.7 Å². The van der Waals surface area contributed by atoms with E-state index in [1.165, 1.54) is 4.90 Å².